The van der Waals surface area contributed by atoms with Gasteiger partial charge in [-0.2, -0.15) is 0 Å². The maximum atomic E-state index is 11.3. The Kier molecular flexibility index (Phi) is 3.31. The molecule has 1 amide bonds. The molecule has 1 saturated heterocycles. The van der Waals surface area contributed by atoms with Gasteiger partial charge in [0.15, 0.2) is 0 Å². The number of hydrazine groups is 1. The molecule has 2 rings (SSSR count). The molecule has 0 saturated carbocycles. The van der Waals surface area contributed by atoms with Crippen molar-refractivity contribution in [3.8, 4) is 0 Å². The number of rotatable bonds is 2. The minimum Gasteiger partial charge on any atom is -0.371 e. The van der Waals surface area contributed by atoms with E-state index < -0.39 is 0 Å². The number of carbonyl (C=O) groups is 1. The van der Waals surface area contributed by atoms with E-state index in [4.69, 9.17) is 17.4 Å². The van der Waals surface area contributed by atoms with E-state index in [-0.39, 0.29) is 5.91 Å². The predicted octanol–water partition coefficient (Wildman–Crippen LogP) is 1.54. The average molecular weight is 240 g/mol. The summed E-state index contributed by atoms with van der Waals surface area (Å²) in [4.78, 5) is 13.6. The summed E-state index contributed by atoms with van der Waals surface area (Å²) in [7, 11) is 0. The number of benzene rings is 1. The van der Waals surface area contributed by atoms with E-state index in [1.807, 2.05) is 12.1 Å². The second-order valence-corrected chi connectivity index (χ2v) is 4.24. The van der Waals surface area contributed by atoms with Gasteiger partial charge in [0.25, 0.3) is 5.91 Å². The molecule has 0 unspecified atom stereocenters. The second-order valence-electron chi connectivity index (χ2n) is 3.83. The Morgan fingerprint density at radius 2 is 2.06 bits per heavy atom. The first kappa shape index (κ1) is 11.2. The Bertz CT molecular complexity index is 402. The molecule has 0 radical (unpaired) electrons. The van der Waals surface area contributed by atoms with Crippen molar-refractivity contribution in [1.82, 2.24) is 5.43 Å². The molecule has 1 heterocycles. The first-order valence-electron chi connectivity index (χ1n) is 5.28. The number of halogens is 1. The van der Waals surface area contributed by atoms with Crippen LogP contribution in [0.2, 0.25) is 5.02 Å². The highest BCUT2D eigenvalue weighted by Crippen LogP contribution is 2.26. The highest BCUT2D eigenvalue weighted by atomic mass is 35.5. The fourth-order valence-electron chi connectivity index (χ4n) is 1.94. The maximum Gasteiger partial charge on any atom is 0.266 e. The number of nitrogens with two attached hydrogens (primary N) is 1. The highest BCUT2D eigenvalue weighted by Gasteiger charge is 2.15. The van der Waals surface area contributed by atoms with E-state index >= 15 is 0 Å². The van der Waals surface area contributed by atoms with Crippen LogP contribution in [0.5, 0.6) is 0 Å². The molecule has 86 valence electrons. The highest BCUT2D eigenvalue weighted by molar-refractivity contribution is 6.34. The molecular formula is C11H14ClN3O. The first-order valence-corrected chi connectivity index (χ1v) is 5.65. The fourth-order valence-corrected chi connectivity index (χ4v) is 2.20. The molecule has 1 aliphatic heterocycles. The Balaban J connectivity index is 2.25. The van der Waals surface area contributed by atoms with E-state index in [0.29, 0.717) is 10.6 Å². The lowest BCUT2D eigenvalue weighted by Gasteiger charge is -2.18. The van der Waals surface area contributed by atoms with Gasteiger partial charge >= 0.3 is 0 Å². The van der Waals surface area contributed by atoms with Crippen molar-refractivity contribution in [2.45, 2.75) is 12.8 Å². The van der Waals surface area contributed by atoms with Gasteiger partial charge in [-0.15, -0.1) is 0 Å². The zero-order chi connectivity index (χ0) is 11.5. The molecule has 0 aliphatic carbocycles. The third-order valence-electron chi connectivity index (χ3n) is 2.80. The van der Waals surface area contributed by atoms with E-state index in [0.717, 1.165) is 18.8 Å². The molecule has 16 heavy (non-hydrogen) atoms. The molecule has 0 bridgehead atoms. The summed E-state index contributed by atoms with van der Waals surface area (Å²) in [5.41, 5.74) is 3.55. The van der Waals surface area contributed by atoms with Crippen molar-refractivity contribution in [2.24, 2.45) is 5.84 Å². The topological polar surface area (TPSA) is 58.4 Å². The summed E-state index contributed by atoms with van der Waals surface area (Å²) in [6.07, 6.45) is 2.42. The van der Waals surface area contributed by atoms with Crippen molar-refractivity contribution in [2.75, 3.05) is 18.0 Å². The van der Waals surface area contributed by atoms with Gasteiger partial charge < -0.3 is 4.90 Å². The average Bonchev–Trinajstić information content (AvgIpc) is 2.81. The minimum absolute atomic E-state index is 0.363. The molecule has 0 aromatic heterocycles. The summed E-state index contributed by atoms with van der Waals surface area (Å²) in [5.74, 6) is 4.70. The number of hydrogen-bond acceptors (Lipinski definition) is 3. The van der Waals surface area contributed by atoms with E-state index in [9.17, 15) is 4.79 Å². The lowest BCUT2D eigenvalue weighted by atomic mass is 10.2. The SMILES string of the molecule is NNC(=O)c1ccc(N2CCCC2)cc1Cl. The third kappa shape index (κ3) is 2.13. The van der Waals surface area contributed by atoms with Crippen LogP contribution in [0, 0.1) is 0 Å². The number of nitrogen functional groups attached to an aromatic ring is 1. The van der Waals surface area contributed by atoms with Crippen molar-refractivity contribution in [1.29, 1.82) is 0 Å². The maximum absolute atomic E-state index is 11.3. The number of nitrogens with one attached hydrogen (secondary N) is 1. The Morgan fingerprint density at radius 1 is 1.38 bits per heavy atom. The van der Waals surface area contributed by atoms with E-state index in [1.54, 1.807) is 6.07 Å². The molecule has 1 fully saturated rings. The largest absolute Gasteiger partial charge is 0.371 e. The Hall–Kier alpha value is -1.26. The van der Waals surface area contributed by atoms with E-state index in [2.05, 4.69) is 10.3 Å². The standard InChI is InChI=1S/C11H14ClN3O/c12-10-7-8(15-5-1-2-6-15)3-4-9(10)11(16)14-13/h3-4,7H,1-2,5-6,13H2,(H,14,16). The van der Waals surface area contributed by atoms with Crippen molar-refractivity contribution in [3.63, 3.8) is 0 Å². The van der Waals surface area contributed by atoms with Crippen molar-refractivity contribution in [3.05, 3.63) is 28.8 Å². The van der Waals surface area contributed by atoms with Crippen molar-refractivity contribution < 1.29 is 4.79 Å². The van der Waals surface area contributed by atoms with Crippen LogP contribution in [0.15, 0.2) is 18.2 Å². The Labute approximate surface area is 99.3 Å². The lowest BCUT2D eigenvalue weighted by Crippen LogP contribution is -2.30. The van der Waals surface area contributed by atoms with Gasteiger partial charge in [-0.3, -0.25) is 10.2 Å². The third-order valence-corrected chi connectivity index (χ3v) is 3.11. The molecule has 3 N–H and O–H groups in total. The monoisotopic (exact) mass is 239 g/mol. The summed E-state index contributed by atoms with van der Waals surface area (Å²) < 4.78 is 0. The molecule has 0 atom stereocenters. The molecule has 1 aliphatic rings. The van der Waals surface area contributed by atoms with Crippen LogP contribution in [-0.4, -0.2) is 19.0 Å². The second kappa shape index (κ2) is 4.72. The van der Waals surface area contributed by atoms with Gasteiger partial charge in [-0.1, -0.05) is 11.6 Å². The number of anilines is 1. The summed E-state index contributed by atoms with van der Waals surface area (Å²) >= 11 is 6.04. The molecule has 0 spiro atoms. The van der Waals surface area contributed by atoms with Crippen LogP contribution in [-0.2, 0) is 0 Å². The predicted molar refractivity (Wildman–Crippen MR) is 64.6 cm³/mol. The molecule has 1 aromatic carbocycles. The summed E-state index contributed by atoms with van der Waals surface area (Å²) in [6, 6.07) is 5.43. The zero-order valence-electron chi connectivity index (χ0n) is 8.87. The van der Waals surface area contributed by atoms with Crippen LogP contribution in [0.1, 0.15) is 23.2 Å². The quantitative estimate of drug-likeness (QED) is 0.468. The van der Waals surface area contributed by atoms with Gasteiger partial charge in [0.2, 0.25) is 0 Å². The molecule has 4 nitrogen and oxygen atoms in total. The molecule has 5 heteroatoms. The van der Waals surface area contributed by atoms with Gasteiger partial charge in [0.05, 0.1) is 10.6 Å². The van der Waals surface area contributed by atoms with Crippen LogP contribution < -0.4 is 16.2 Å². The number of hydrogen-bond donors (Lipinski definition) is 2. The van der Waals surface area contributed by atoms with Crippen LogP contribution in [0.3, 0.4) is 0 Å². The number of amides is 1. The summed E-state index contributed by atoms with van der Waals surface area (Å²) in [6.45, 7) is 2.11. The van der Waals surface area contributed by atoms with Gasteiger partial charge in [-0.05, 0) is 31.0 Å². The zero-order valence-corrected chi connectivity index (χ0v) is 9.63. The van der Waals surface area contributed by atoms with Gasteiger partial charge in [0.1, 0.15) is 0 Å². The minimum atomic E-state index is -0.363. The Morgan fingerprint density at radius 3 is 2.62 bits per heavy atom. The number of nitrogens with zero attached hydrogens (tertiary/aromatic N) is 1. The molecule has 1 aromatic rings. The van der Waals surface area contributed by atoms with E-state index in [1.165, 1.54) is 12.8 Å². The number of carbonyl (C=O) groups excluding carboxylic acids is 1. The summed E-state index contributed by atoms with van der Waals surface area (Å²) in [5, 5.41) is 0.437. The van der Waals surface area contributed by atoms with Gasteiger partial charge in [0, 0.05) is 18.8 Å². The smallest absolute Gasteiger partial charge is 0.266 e. The van der Waals surface area contributed by atoms with Crippen molar-refractivity contribution >= 4 is 23.2 Å². The normalized spacial score (nSPS) is 15.2. The fraction of sp³-hybridized carbons (Fsp3) is 0.364. The lowest BCUT2D eigenvalue weighted by molar-refractivity contribution is 0.0954. The first-order chi connectivity index (χ1) is 7.72. The van der Waals surface area contributed by atoms with Crippen LogP contribution in [0.4, 0.5) is 5.69 Å². The molecular weight excluding hydrogens is 226 g/mol. The van der Waals surface area contributed by atoms with Gasteiger partial charge in [-0.25, -0.2) is 5.84 Å². The van der Waals surface area contributed by atoms with Crippen LogP contribution >= 0.6 is 11.6 Å². The van der Waals surface area contributed by atoms with Crippen LogP contribution in [0.25, 0.3) is 0 Å².